The van der Waals surface area contributed by atoms with E-state index in [2.05, 4.69) is 5.32 Å². The van der Waals surface area contributed by atoms with Gasteiger partial charge in [-0.25, -0.2) is 0 Å². The molecule has 0 aromatic heterocycles. The van der Waals surface area contributed by atoms with Gasteiger partial charge < -0.3 is 15.0 Å². The van der Waals surface area contributed by atoms with Crippen LogP contribution in [-0.2, 0) is 9.59 Å². The highest BCUT2D eigenvalue weighted by Gasteiger charge is 2.35. The van der Waals surface area contributed by atoms with Gasteiger partial charge >= 0.3 is 0 Å². The first-order chi connectivity index (χ1) is 12.9. The standard InChI is InChI=1S/C18H16ClN3O5/c1-27-14-4-2-3-13(9-14)21-10-11(7-17(21)23)18(24)20-12-5-6-15(19)16(8-12)22(25)26/h2-6,8-9,11H,7,10H2,1H3,(H,20,24)/t11-/m1/s1. The number of rotatable bonds is 5. The number of hydrogen-bond acceptors (Lipinski definition) is 5. The van der Waals surface area contributed by atoms with Crippen molar-refractivity contribution in [1.29, 1.82) is 0 Å². The van der Waals surface area contributed by atoms with E-state index in [1.165, 1.54) is 30.2 Å². The summed E-state index contributed by atoms with van der Waals surface area (Å²) in [6, 6.07) is 11.0. The molecule has 9 heteroatoms. The van der Waals surface area contributed by atoms with Crippen LogP contribution in [-0.4, -0.2) is 30.4 Å². The summed E-state index contributed by atoms with van der Waals surface area (Å²) in [4.78, 5) is 36.7. The summed E-state index contributed by atoms with van der Waals surface area (Å²) in [5.74, 6) is -0.518. The normalized spacial score (nSPS) is 16.3. The number of nitro groups is 1. The number of carbonyl (C=O) groups excluding carboxylic acids is 2. The lowest BCUT2D eigenvalue weighted by Gasteiger charge is -2.17. The second kappa shape index (κ2) is 7.63. The van der Waals surface area contributed by atoms with Crippen molar-refractivity contribution in [2.75, 3.05) is 23.9 Å². The highest BCUT2D eigenvalue weighted by Crippen LogP contribution is 2.30. The lowest BCUT2D eigenvalue weighted by molar-refractivity contribution is -0.384. The van der Waals surface area contributed by atoms with Crippen LogP contribution in [0.5, 0.6) is 5.75 Å². The fourth-order valence-electron chi connectivity index (χ4n) is 2.89. The van der Waals surface area contributed by atoms with Gasteiger partial charge in [-0.15, -0.1) is 0 Å². The third kappa shape index (κ3) is 4.01. The quantitative estimate of drug-likeness (QED) is 0.624. The number of nitro benzene ring substituents is 1. The minimum absolute atomic E-state index is 0.0155. The summed E-state index contributed by atoms with van der Waals surface area (Å²) in [5, 5.41) is 13.6. The van der Waals surface area contributed by atoms with Gasteiger partial charge in [-0.1, -0.05) is 17.7 Å². The second-order valence-corrected chi connectivity index (χ2v) is 6.43. The molecule has 0 spiro atoms. The van der Waals surface area contributed by atoms with Crippen molar-refractivity contribution in [3.05, 3.63) is 57.6 Å². The van der Waals surface area contributed by atoms with Crippen LogP contribution in [0.1, 0.15) is 6.42 Å². The highest BCUT2D eigenvalue weighted by atomic mass is 35.5. The van der Waals surface area contributed by atoms with Crippen molar-refractivity contribution in [2.45, 2.75) is 6.42 Å². The molecule has 1 aliphatic rings. The predicted octanol–water partition coefficient (Wildman–Crippen LogP) is 3.25. The van der Waals surface area contributed by atoms with Crippen molar-refractivity contribution in [1.82, 2.24) is 0 Å². The topological polar surface area (TPSA) is 102 Å². The molecule has 1 aliphatic heterocycles. The van der Waals surface area contributed by atoms with Gasteiger partial charge in [0.25, 0.3) is 5.69 Å². The second-order valence-electron chi connectivity index (χ2n) is 6.02. The van der Waals surface area contributed by atoms with Crippen molar-refractivity contribution >= 4 is 40.5 Å². The molecule has 1 atom stereocenters. The Bertz CT molecular complexity index is 918. The lowest BCUT2D eigenvalue weighted by atomic mass is 10.1. The molecule has 0 aliphatic carbocycles. The van der Waals surface area contributed by atoms with E-state index in [1.807, 2.05) is 0 Å². The number of ether oxygens (including phenoxy) is 1. The third-order valence-electron chi connectivity index (χ3n) is 4.27. The summed E-state index contributed by atoms with van der Waals surface area (Å²) in [6.45, 7) is 0.216. The fourth-order valence-corrected chi connectivity index (χ4v) is 3.07. The maximum atomic E-state index is 12.5. The van der Waals surface area contributed by atoms with E-state index in [0.29, 0.717) is 11.4 Å². The molecule has 1 fully saturated rings. The van der Waals surface area contributed by atoms with Gasteiger partial charge in [0.15, 0.2) is 0 Å². The van der Waals surface area contributed by atoms with E-state index in [0.717, 1.165) is 0 Å². The van der Waals surface area contributed by atoms with Gasteiger partial charge in [0.1, 0.15) is 10.8 Å². The largest absolute Gasteiger partial charge is 0.497 e. The lowest BCUT2D eigenvalue weighted by Crippen LogP contribution is -2.28. The van der Waals surface area contributed by atoms with Gasteiger partial charge in [0, 0.05) is 36.5 Å². The molecule has 0 saturated carbocycles. The third-order valence-corrected chi connectivity index (χ3v) is 4.59. The summed E-state index contributed by atoms with van der Waals surface area (Å²) >= 11 is 5.77. The molecule has 1 N–H and O–H groups in total. The predicted molar refractivity (Wildman–Crippen MR) is 100 cm³/mol. The van der Waals surface area contributed by atoms with Gasteiger partial charge in [-0.2, -0.15) is 0 Å². The van der Waals surface area contributed by atoms with E-state index in [-0.39, 0.29) is 41.2 Å². The molecule has 27 heavy (non-hydrogen) atoms. The SMILES string of the molecule is COc1cccc(N2C[C@H](C(=O)Nc3ccc(Cl)c([N+](=O)[O-])c3)CC2=O)c1. The minimum atomic E-state index is -0.623. The Balaban J connectivity index is 1.72. The van der Waals surface area contributed by atoms with Crippen LogP contribution in [0.3, 0.4) is 0 Å². The molecular formula is C18H16ClN3O5. The van der Waals surface area contributed by atoms with Crippen LogP contribution >= 0.6 is 11.6 Å². The van der Waals surface area contributed by atoms with E-state index in [4.69, 9.17) is 16.3 Å². The molecular weight excluding hydrogens is 374 g/mol. The average Bonchev–Trinajstić information content (AvgIpc) is 3.05. The maximum absolute atomic E-state index is 12.5. The summed E-state index contributed by atoms with van der Waals surface area (Å²) in [5.41, 5.74) is 0.607. The van der Waals surface area contributed by atoms with Crippen LogP contribution in [0.25, 0.3) is 0 Å². The van der Waals surface area contributed by atoms with Crippen molar-refractivity contribution in [2.24, 2.45) is 5.92 Å². The average molecular weight is 390 g/mol. The molecule has 0 bridgehead atoms. The molecule has 8 nitrogen and oxygen atoms in total. The van der Waals surface area contributed by atoms with Gasteiger partial charge in [-0.3, -0.25) is 19.7 Å². The number of nitrogens with one attached hydrogen (secondary N) is 1. The highest BCUT2D eigenvalue weighted by molar-refractivity contribution is 6.32. The van der Waals surface area contributed by atoms with Crippen LogP contribution in [0.2, 0.25) is 5.02 Å². The monoisotopic (exact) mass is 389 g/mol. The summed E-state index contributed by atoms with van der Waals surface area (Å²) in [6.07, 6.45) is 0.0543. The number of carbonyl (C=O) groups is 2. The molecule has 1 heterocycles. The van der Waals surface area contributed by atoms with E-state index < -0.39 is 10.8 Å². The molecule has 2 amide bonds. The molecule has 2 aromatic rings. The Morgan fingerprint density at radius 3 is 2.81 bits per heavy atom. The number of nitrogens with zero attached hydrogens (tertiary/aromatic N) is 2. The zero-order valence-electron chi connectivity index (χ0n) is 14.3. The van der Waals surface area contributed by atoms with Crippen molar-refractivity contribution < 1.29 is 19.2 Å². The number of methoxy groups -OCH3 is 1. The summed E-state index contributed by atoms with van der Waals surface area (Å²) in [7, 11) is 1.53. The number of halogens is 1. The zero-order valence-corrected chi connectivity index (χ0v) is 15.1. The van der Waals surface area contributed by atoms with E-state index >= 15 is 0 Å². The molecule has 0 unspecified atom stereocenters. The Kier molecular flexibility index (Phi) is 5.27. The first-order valence-corrected chi connectivity index (χ1v) is 8.46. The fraction of sp³-hybridized carbons (Fsp3) is 0.222. The molecule has 2 aromatic carbocycles. The first-order valence-electron chi connectivity index (χ1n) is 8.08. The Morgan fingerprint density at radius 1 is 1.33 bits per heavy atom. The van der Waals surface area contributed by atoms with Crippen LogP contribution in [0, 0.1) is 16.0 Å². The molecule has 3 rings (SSSR count). The van der Waals surface area contributed by atoms with Crippen molar-refractivity contribution in [3.63, 3.8) is 0 Å². The Labute approximate surface area is 159 Å². The van der Waals surface area contributed by atoms with Gasteiger partial charge in [0.05, 0.1) is 18.0 Å². The zero-order chi connectivity index (χ0) is 19.6. The smallest absolute Gasteiger partial charge is 0.289 e. The number of hydrogen-bond donors (Lipinski definition) is 1. The molecule has 140 valence electrons. The maximum Gasteiger partial charge on any atom is 0.289 e. The van der Waals surface area contributed by atoms with Crippen LogP contribution in [0.15, 0.2) is 42.5 Å². The van der Waals surface area contributed by atoms with Gasteiger partial charge in [-0.05, 0) is 24.3 Å². The Hall–Kier alpha value is -3.13. The first kappa shape index (κ1) is 18.7. The van der Waals surface area contributed by atoms with Gasteiger partial charge in [0.2, 0.25) is 11.8 Å². The molecule has 1 saturated heterocycles. The van der Waals surface area contributed by atoms with Crippen LogP contribution in [0.4, 0.5) is 17.1 Å². The van der Waals surface area contributed by atoms with E-state index in [9.17, 15) is 19.7 Å². The number of benzene rings is 2. The minimum Gasteiger partial charge on any atom is -0.497 e. The Morgan fingerprint density at radius 2 is 2.11 bits per heavy atom. The van der Waals surface area contributed by atoms with Crippen LogP contribution < -0.4 is 15.0 Å². The van der Waals surface area contributed by atoms with Crippen molar-refractivity contribution in [3.8, 4) is 5.75 Å². The summed E-state index contributed by atoms with van der Waals surface area (Å²) < 4.78 is 5.16. The number of amides is 2. The molecule has 0 radical (unpaired) electrons. The van der Waals surface area contributed by atoms with E-state index in [1.54, 1.807) is 24.3 Å². The number of anilines is 2.